The molecule has 0 bridgehead atoms. The van der Waals surface area contributed by atoms with Gasteiger partial charge in [0.2, 0.25) is 11.8 Å². The van der Waals surface area contributed by atoms with Crippen molar-refractivity contribution < 1.29 is 14.3 Å². The Morgan fingerprint density at radius 1 is 0.958 bits per heavy atom. The lowest BCUT2D eigenvalue weighted by molar-refractivity contribution is -0.116. The number of halogens is 1. The van der Waals surface area contributed by atoms with E-state index in [-0.39, 0.29) is 11.8 Å². The van der Waals surface area contributed by atoms with E-state index in [1.54, 1.807) is 24.3 Å². The summed E-state index contributed by atoms with van der Waals surface area (Å²) in [4.78, 5) is 22.8. The largest absolute Gasteiger partial charge is 0.494 e. The number of carbonyl (C=O) groups is 2. The first-order valence-electron chi connectivity index (χ1n) is 7.59. The number of amides is 2. The van der Waals surface area contributed by atoms with Crippen molar-refractivity contribution in [3.8, 4) is 5.75 Å². The van der Waals surface area contributed by atoms with Crippen LogP contribution in [-0.4, -0.2) is 18.4 Å². The zero-order valence-corrected chi connectivity index (χ0v) is 14.9. The van der Waals surface area contributed by atoms with Crippen molar-refractivity contribution in [3.63, 3.8) is 0 Å². The molecule has 24 heavy (non-hydrogen) atoms. The average Bonchev–Trinajstić information content (AvgIpc) is 2.55. The molecule has 0 saturated heterocycles. The molecule has 0 spiro atoms. The van der Waals surface area contributed by atoms with Crippen LogP contribution in [0.15, 0.2) is 53.0 Å². The summed E-state index contributed by atoms with van der Waals surface area (Å²) in [5, 5.41) is 5.49. The summed E-state index contributed by atoms with van der Waals surface area (Å²) in [7, 11) is 0. The quantitative estimate of drug-likeness (QED) is 0.695. The highest BCUT2D eigenvalue weighted by molar-refractivity contribution is 9.10. The Morgan fingerprint density at radius 2 is 1.54 bits per heavy atom. The molecule has 0 heterocycles. The summed E-state index contributed by atoms with van der Waals surface area (Å²) in [5.74, 6) is 0.589. The van der Waals surface area contributed by atoms with Gasteiger partial charge in [-0.25, -0.2) is 0 Å². The van der Waals surface area contributed by atoms with Crippen molar-refractivity contribution in [3.05, 3.63) is 53.0 Å². The third-order valence-corrected chi connectivity index (χ3v) is 3.65. The fraction of sp³-hybridized carbons (Fsp3) is 0.222. The molecule has 0 saturated carbocycles. The number of anilines is 2. The Kier molecular flexibility index (Phi) is 6.81. The fourth-order valence-electron chi connectivity index (χ4n) is 2.02. The van der Waals surface area contributed by atoms with Crippen LogP contribution in [0.5, 0.6) is 5.75 Å². The van der Waals surface area contributed by atoms with Crippen molar-refractivity contribution in [1.82, 2.24) is 0 Å². The summed E-state index contributed by atoms with van der Waals surface area (Å²) < 4.78 is 6.57. The molecule has 0 aliphatic rings. The first-order chi connectivity index (χ1) is 11.5. The molecule has 6 heteroatoms. The van der Waals surface area contributed by atoms with Crippen LogP contribution in [-0.2, 0) is 9.59 Å². The third-order valence-electron chi connectivity index (χ3n) is 3.12. The minimum atomic E-state index is -0.127. The van der Waals surface area contributed by atoms with Gasteiger partial charge in [-0.15, -0.1) is 0 Å². The molecule has 2 aromatic rings. The smallest absolute Gasteiger partial charge is 0.224 e. The monoisotopic (exact) mass is 390 g/mol. The normalized spacial score (nSPS) is 10.1. The van der Waals surface area contributed by atoms with Gasteiger partial charge in [-0.1, -0.05) is 15.9 Å². The average molecular weight is 391 g/mol. The lowest BCUT2D eigenvalue weighted by Gasteiger charge is -2.08. The highest BCUT2D eigenvalue weighted by Crippen LogP contribution is 2.17. The van der Waals surface area contributed by atoms with Crippen molar-refractivity contribution >= 4 is 39.1 Å². The Bertz CT molecular complexity index is 684. The standard InChI is InChI=1S/C18H19BrN2O3/c1-13(22)20-15-6-8-16(9-7-15)21-18(23)3-2-12-24-17-10-4-14(19)5-11-17/h4-11H,2-3,12H2,1H3,(H,20,22)(H,21,23). The second-order valence-corrected chi connectivity index (χ2v) is 6.13. The maximum absolute atomic E-state index is 11.9. The minimum Gasteiger partial charge on any atom is -0.494 e. The van der Waals surface area contributed by atoms with Gasteiger partial charge in [-0.3, -0.25) is 9.59 Å². The molecule has 0 atom stereocenters. The number of ether oxygens (including phenoxy) is 1. The maximum Gasteiger partial charge on any atom is 0.224 e. The molecule has 0 unspecified atom stereocenters. The van der Waals surface area contributed by atoms with Crippen LogP contribution in [0, 0.1) is 0 Å². The summed E-state index contributed by atoms with van der Waals surface area (Å²) in [6.45, 7) is 1.93. The van der Waals surface area contributed by atoms with Crippen molar-refractivity contribution in [1.29, 1.82) is 0 Å². The number of carbonyl (C=O) groups excluding carboxylic acids is 2. The van der Waals surface area contributed by atoms with Gasteiger partial charge in [0.15, 0.2) is 0 Å². The van der Waals surface area contributed by atoms with E-state index in [2.05, 4.69) is 26.6 Å². The van der Waals surface area contributed by atoms with E-state index >= 15 is 0 Å². The van der Waals surface area contributed by atoms with Gasteiger partial charge in [-0.05, 0) is 55.0 Å². The van der Waals surface area contributed by atoms with Crippen LogP contribution < -0.4 is 15.4 Å². The van der Waals surface area contributed by atoms with Crippen LogP contribution in [0.1, 0.15) is 19.8 Å². The van der Waals surface area contributed by atoms with Gasteiger partial charge in [0.05, 0.1) is 6.61 Å². The molecule has 0 aromatic heterocycles. The predicted octanol–water partition coefficient (Wildman–Crippen LogP) is 4.21. The van der Waals surface area contributed by atoms with Gasteiger partial charge >= 0.3 is 0 Å². The number of nitrogens with one attached hydrogen (secondary N) is 2. The first-order valence-corrected chi connectivity index (χ1v) is 8.38. The molecule has 0 fully saturated rings. The molecular formula is C18H19BrN2O3. The zero-order valence-electron chi connectivity index (χ0n) is 13.3. The number of hydrogen-bond acceptors (Lipinski definition) is 3. The van der Waals surface area contributed by atoms with Gasteiger partial charge in [-0.2, -0.15) is 0 Å². The van der Waals surface area contributed by atoms with Crippen LogP contribution in [0.2, 0.25) is 0 Å². The highest BCUT2D eigenvalue weighted by Gasteiger charge is 2.03. The van der Waals surface area contributed by atoms with E-state index in [1.165, 1.54) is 6.92 Å². The van der Waals surface area contributed by atoms with Crippen molar-refractivity contribution in [2.45, 2.75) is 19.8 Å². The molecule has 2 aromatic carbocycles. The number of rotatable bonds is 7. The van der Waals surface area contributed by atoms with Gasteiger partial charge in [0.1, 0.15) is 5.75 Å². The topological polar surface area (TPSA) is 67.4 Å². The zero-order chi connectivity index (χ0) is 17.4. The molecule has 126 valence electrons. The molecule has 0 aliphatic heterocycles. The van der Waals surface area contributed by atoms with E-state index in [4.69, 9.17) is 4.74 Å². The Balaban J connectivity index is 1.69. The van der Waals surface area contributed by atoms with E-state index in [0.717, 1.165) is 10.2 Å². The van der Waals surface area contributed by atoms with Crippen LogP contribution in [0.25, 0.3) is 0 Å². The molecule has 5 nitrogen and oxygen atoms in total. The van der Waals surface area contributed by atoms with Gasteiger partial charge < -0.3 is 15.4 Å². The van der Waals surface area contributed by atoms with Crippen LogP contribution >= 0.6 is 15.9 Å². The van der Waals surface area contributed by atoms with E-state index in [9.17, 15) is 9.59 Å². The molecule has 0 radical (unpaired) electrons. The summed E-state index contributed by atoms with van der Waals surface area (Å²) >= 11 is 3.36. The molecule has 0 aliphatic carbocycles. The molecular weight excluding hydrogens is 372 g/mol. The Hall–Kier alpha value is -2.34. The van der Waals surface area contributed by atoms with E-state index in [0.29, 0.717) is 30.8 Å². The second-order valence-electron chi connectivity index (χ2n) is 5.21. The Labute approximate surface area is 149 Å². The number of benzene rings is 2. The fourth-order valence-corrected chi connectivity index (χ4v) is 2.28. The summed E-state index contributed by atoms with van der Waals surface area (Å²) in [6.07, 6.45) is 1.01. The molecule has 2 N–H and O–H groups in total. The minimum absolute atomic E-state index is 0.0679. The molecule has 2 rings (SSSR count). The highest BCUT2D eigenvalue weighted by atomic mass is 79.9. The lowest BCUT2D eigenvalue weighted by atomic mass is 10.2. The third kappa shape index (κ3) is 6.42. The summed E-state index contributed by atoms with van der Waals surface area (Å²) in [6, 6.07) is 14.6. The van der Waals surface area contributed by atoms with Gasteiger partial charge in [0, 0.05) is 29.2 Å². The van der Waals surface area contributed by atoms with E-state index < -0.39 is 0 Å². The maximum atomic E-state index is 11.9. The molecule has 2 amide bonds. The van der Waals surface area contributed by atoms with Crippen molar-refractivity contribution in [2.24, 2.45) is 0 Å². The van der Waals surface area contributed by atoms with E-state index in [1.807, 2.05) is 24.3 Å². The number of hydrogen-bond donors (Lipinski definition) is 2. The SMILES string of the molecule is CC(=O)Nc1ccc(NC(=O)CCCOc2ccc(Br)cc2)cc1. The summed E-state index contributed by atoms with van der Waals surface area (Å²) in [5.41, 5.74) is 1.39. The Morgan fingerprint density at radius 3 is 2.12 bits per heavy atom. The predicted molar refractivity (Wildman–Crippen MR) is 98.2 cm³/mol. The lowest BCUT2D eigenvalue weighted by Crippen LogP contribution is -2.13. The van der Waals surface area contributed by atoms with Crippen LogP contribution in [0.3, 0.4) is 0 Å². The second kappa shape index (κ2) is 9.08. The van der Waals surface area contributed by atoms with Crippen molar-refractivity contribution in [2.75, 3.05) is 17.2 Å². The van der Waals surface area contributed by atoms with Crippen LogP contribution in [0.4, 0.5) is 11.4 Å². The first kappa shape index (κ1) is 18.0. The van der Waals surface area contributed by atoms with Gasteiger partial charge in [0.25, 0.3) is 0 Å².